The van der Waals surface area contributed by atoms with Crippen LogP contribution in [-0.2, 0) is 9.53 Å². The first-order chi connectivity index (χ1) is 13.8. The molecule has 1 aromatic carbocycles. The van der Waals surface area contributed by atoms with Gasteiger partial charge in [-0.15, -0.1) is 0 Å². The fourth-order valence-electron chi connectivity index (χ4n) is 5.31. The minimum Gasteiger partial charge on any atom is -0.444 e. The van der Waals surface area contributed by atoms with Gasteiger partial charge in [0.25, 0.3) is 0 Å². The van der Waals surface area contributed by atoms with E-state index in [1.807, 2.05) is 45.4 Å². The Morgan fingerprint density at radius 2 is 1.93 bits per heavy atom. The van der Waals surface area contributed by atoms with E-state index >= 15 is 0 Å². The largest absolute Gasteiger partial charge is 0.444 e. The van der Waals surface area contributed by atoms with Gasteiger partial charge in [-0.2, -0.15) is 0 Å². The molecule has 3 aliphatic rings. The third-order valence-electron chi connectivity index (χ3n) is 6.74. The summed E-state index contributed by atoms with van der Waals surface area (Å²) < 4.78 is 7.65. The highest BCUT2D eigenvalue weighted by molar-refractivity contribution is 5.94. The Balaban J connectivity index is 1.30. The van der Waals surface area contributed by atoms with Crippen molar-refractivity contribution >= 4 is 11.9 Å². The Morgan fingerprint density at radius 1 is 1.21 bits per heavy atom. The SMILES string of the molecule is CC(C)(C)OC(=O)N1CCC2(CC1)CC(C1c3ccccc3-c3cncn31)C2=O. The van der Waals surface area contributed by atoms with Crippen LogP contribution in [0, 0.1) is 11.3 Å². The van der Waals surface area contributed by atoms with Crippen LogP contribution in [0.4, 0.5) is 4.79 Å². The molecule has 0 bridgehead atoms. The van der Waals surface area contributed by atoms with E-state index in [1.54, 1.807) is 4.90 Å². The number of Topliss-reactive ketones (excluding diaryl/α,β-unsaturated/α-hetero) is 1. The Morgan fingerprint density at radius 3 is 2.62 bits per heavy atom. The van der Waals surface area contributed by atoms with Gasteiger partial charge < -0.3 is 14.2 Å². The van der Waals surface area contributed by atoms with Crippen LogP contribution in [0.25, 0.3) is 11.3 Å². The molecule has 1 saturated heterocycles. The number of aromatic nitrogens is 2. The van der Waals surface area contributed by atoms with Crippen molar-refractivity contribution in [1.29, 1.82) is 0 Å². The predicted molar refractivity (Wildman–Crippen MR) is 108 cm³/mol. The number of ether oxygens (including phenoxy) is 1. The van der Waals surface area contributed by atoms with Gasteiger partial charge in [0.2, 0.25) is 0 Å². The normalized spacial score (nSPS) is 24.8. The molecule has 1 amide bonds. The molecule has 6 nitrogen and oxygen atoms in total. The number of carbonyl (C=O) groups excluding carboxylic acids is 2. The summed E-state index contributed by atoms with van der Waals surface area (Å²) in [7, 11) is 0. The van der Waals surface area contributed by atoms with Crippen LogP contribution in [0.2, 0.25) is 0 Å². The summed E-state index contributed by atoms with van der Waals surface area (Å²) in [5.41, 5.74) is 2.73. The average molecular weight is 393 g/mol. The van der Waals surface area contributed by atoms with Crippen molar-refractivity contribution in [3.8, 4) is 11.3 Å². The maximum Gasteiger partial charge on any atom is 0.410 e. The molecule has 1 spiro atoms. The number of fused-ring (bicyclic) bond motifs is 3. The number of ketones is 1. The van der Waals surface area contributed by atoms with E-state index in [1.165, 1.54) is 11.1 Å². The van der Waals surface area contributed by atoms with Crippen molar-refractivity contribution in [2.75, 3.05) is 13.1 Å². The number of imidazole rings is 1. The molecule has 2 unspecified atom stereocenters. The topological polar surface area (TPSA) is 64.4 Å². The monoisotopic (exact) mass is 393 g/mol. The molecule has 6 heteroatoms. The van der Waals surface area contributed by atoms with E-state index in [0.717, 1.165) is 25.0 Å². The van der Waals surface area contributed by atoms with Crippen LogP contribution in [0.15, 0.2) is 36.8 Å². The van der Waals surface area contributed by atoms with Crippen LogP contribution >= 0.6 is 0 Å². The maximum atomic E-state index is 13.4. The molecule has 152 valence electrons. The first kappa shape index (κ1) is 18.4. The molecule has 29 heavy (non-hydrogen) atoms. The van der Waals surface area contributed by atoms with Crippen molar-refractivity contribution in [3.05, 3.63) is 42.4 Å². The Kier molecular flexibility index (Phi) is 3.92. The van der Waals surface area contributed by atoms with Gasteiger partial charge in [0.15, 0.2) is 0 Å². The van der Waals surface area contributed by atoms with Crippen molar-refractivity contribution in [2.45, 2.75) is 51.7 Å². The second kappa shape index (κ2) is 6.18. The lowest BCUT2D eigenvalue weighted by molar-refractivity contribution is -0.152. The predicted octanol–water partition coefficient (Wildman–Crippen LogP) is 4.06. The highest BCUT2D eigenvalue weighted by Gasteiger charge is 2.58. The minimum absolute atomic E-state index is 0.0142. The summed E-state index contributed by atoms with van der Waals surface area (Å²) in [5.74, 6) is 0.336. The number of nitrogens with zero attached hydrogens (tertiary/aromatic N) is 3. The first-order valence-electron chi connectivity index (χ1n) is 10.4. The molecule has 3 heterocycles. The number of hydrogen-bond acceptors (Lipinski definition) is 4. The summed E-state index contributed by atoms with van der Waals surface area (Å²) in [6.07, 6.45) is 5.80. The van der Waals surface area contributed by atoms with E-state index in [0.29, 0.717) is 18.9 Å². The van der Waals surface area contributed by atoms with Crippen molar-refractivity contribution in [2.24, 2.45) is 11.3 Å². The van der Waals surface area contributed by atoms with Crippen LogP contribution < -0.4 is 0 Å². The molecule has 1 aliphatic carbocycles. The van der Waals surface area contributed by atoms with Gasteiger partial charge in [-0.3, -0.25) is 4.79 Å². The van der Waals surface area contributed by atoms with E-state index in [2.05, 4.69) is 21.7 Å². The van der Waals surface area contributed by atoms with Crippen molar-refractivity contribution in [1.82, 2.24) is 14.5 Å². The standard InChI is InChI=1S/C23H27N3O3/c1-22(2,3)29-21(28)25-10-8-23(9-11-25)12-17(20(23)27)19-16-7-5-4-6-15(16)18-13-24-14-26(18)19/h4-7,13-14,17,19H,8-12H2,1-3H3. The van der Waals surface area contributed by atoms with Crippen LogP contribution in [0.3, 0.4) is 0 Å². The highest BCUT2D eigenvalue weighted by Crippen LogP contribution is 2.57. The first-order valence-corrected chi connectivity index (χ1v) is 10.4. The Hall–Kier alpha value is -2.63. The van der Waals surface area contributed by atoms with E-state index in [4.69, 9.17) is 4.74 Å². The van der Waals surface area contributed by atoms with Crippen molar-refractivity contribution in [3.63, 3.8) is 0 Å². The molecule has 1 aromatic heterocycles. The lowest BCUT2D eigenvalue weighted by Gasteiger charge is -2.52. The number of likely N-dealkylation sites (tertiary alicyclic amines) is 1. The molecular formula is C23H27N3O3. The number of hydrogen-bond donors (Lipinski definition) is 0. The molecule has 0 radical (unpaired) electrons. The van der Waals surface area contributed by atoms with Gasteiger partial charge in [0.1, 0.15) is 11.4 Å². The van der Waals surface area contributed by atoms with Crippen LogP contribution in [0.1, 0.15) is 51.6 Å². The third kappa shape index (κ3) is 2.80. The van der Waals surface area contributed by atoms with Crippen LogP contribution in [-0.4, -0.2) is 45.0 Å². The zero-order valence-corrected chi connectivity index (χ0v) is 17.2. The molecule has 2 aromatic rings. The van der Waals surface area contributed by atoms with E-state index < -0.39 is 5.60 Å². The molecular weight excluding hydrogens is 366 g/mol. The Bertz CT molecular complexity index is 979. The molecule has 0 N–H and O–H groups in total. The third-order valence-corrected chi connectivity index (χ3v) is 6.74. The number of amides is 1. The minimum atomic E-state index is -0.498. The fourth-order valence-corrected chi connectivity index (χ4v) is 5.31. The number of piperidine rings is 1. The quantitative estimate of drug-likeness (QED) is 0.733. The molecule has 2 aliphatic heterocycles. The molecule has 1 saturated carbocycles. The summed E-state index contributed by atoms with van der Waals surface area (Å²) in [4.78, 5) is 31.8. The lowest BCUT2D eigenvalue weighted by Crippen LogP contribution is -2.57. The number of rotatable bonds is 1. The van der Waals surface area contributed by atoms with Gasteiger partial charge in [-0.25, -0.2) is 9.78 Å². The lowest BCUT2D eigenvalue weighted by atomic mass is 9.54. The van der Waals surface area contributed by atoms with E-state index in [9.17, 15) is 9.59 Å². The summed E-state index contributed by atoms with van der Waals surface area (Å²) in [6, 6.07) is 8.38. The van der Waals surface area contributed by atoms with Gasteiger partial charge in [-0.05, 0) is 45.6 Å². The maximum absolute atomic E-state index is 13.4. The van der Waals surface area contributed by atoms with E-state index in [-0.39, 0.29) is 23.5 Å². The fraction of sp³-hybridized carbons (Fsp3) is 0.522. The molecule has 2 atom stereocenters. The summed E-state index contributed by atoms with van der Waals surface area (Å²) in [6.45, 7) is 6.80. The second-order valence-electron chi connectivity index (χ2n) is 9.64. The zero-order chi connectivity index (χ0) is 20.4. The van der Waals surface area contributed by atoms with Crippen LogP contribution in [0.5, 0.6) is 0 Å². The van der Waals surface area contributed by atoms with Gasteiger partial charge >= 0.3 is 6.09 Å². The van der Waals surface area contributed by atoms with Gasteiger partial charge in [0.05, 0.1) is 24.3 Å². The molecule has 2 fully saturated rings. The second-order valence-corrected chi connectivity index (χ2v) is 9.64. The summed E-state index contributed by atoms with van der Waals surface area (Å²) in [5, 5.41) is 0. The number of benzene rings is 1. The van der Waals surface area contributed by atoms with Gasteiger partial charge in [-0.1, -0.05) is 24.3 Å². The molecule has 5 rings (SSSR count). The highest BCUT2D eigenvalue weighted by atomic mass is 16.6. The zero-order valence-electron chi connectivity index (χ0n) is 17.2. The van der Waals surface area contributed by atoms with Crippen molar-refractivity contribution < 1.29 is 14.3 Å². The smallest absolute Gasteiger partial charge is 0.410 e. The van der Waals surface area contributed by atoms with Gasteiger partial charge in [0, 0.05) is 30.0 Å². The Labute approximate surface area is 170 Å². The number of carbonyl (C=O) groups is 2. The average Bonchev–Trinajstić information content (AvgIpc) is 3.26. The summed E-state index contributed by atoms with van der Waals surface area (Å²) >= 11 is 0.